The van der Waals surface area contributed by atoms with Crippen molar-refractivity contribution >= 4 is 21.8 Å². The lowest BCUT2D eigenvalue weighted by molar-refractivity contribution is 0.0945. The molecule has 2 aromatic rings. The summed E-state index contributed by atoms with van der Waals surface area (Å²) in [6.07, 6.45) is 0. The van der Waals surface area contributed by atoms with E-state index < -0.39 is 0 Å². The molecule has 0 aliphatic carbocycles. The molecule has 2 rings (SSSR count). The van der Waals surface area contributed by atoms with E-state index in [0.29, 0.717) is 34.7 Å². The van der Waals surface area contributed by atoms with Gasteiger partial charge in [0.25, 0.3) is 5.91 Å². The lowest BCUT2D eigenvalue weighted by Gasteiger charge is -2.25. The van der Waals surface area contributed by atoms with Crippen molar-refractivity contribution in [3.63, 3.8) is 0 Å². The van der Waals surface area contributed by atoms with Crippen LogP contribution >= 0.6 is 15.9 Å². The van der Waals surface area contributed by atoms with E-state index in [1.807, 2.05) is 25.1 Å². The molecule has 0 saturated heterocycles. The Morgan fingerprint density at radius 2 is 1.88 bits per heavy atom. The maximum atomic E-state index is 12.6. The number of ether oxygens (including phenoxy) is 2. The van der Waals surface area contributed by atoms with E-state index >= 15 is 0 Å². The lowest BCUT2D eigenvalue weighted by Crippen LogP contribution is -2.36. The highest BCUT2D eigenvalue weighted by molar-refractivity contribution is 9.10. The van der Waals surface area contributed by atoms with Crippen LogP contribution in [-0.4, -0.2) is 26.2 Å². The maximum absolute atomic E-state index is 12.6. The van der Waals surface area contributed by atoms with E-state index in [9.17, 15) is 4.79 Å². The van der Waals surface area contributed by atoms with Crippen LogP contribution in [0.1, 0.15) is 36.7 Å². The van der Waals surface area contributed by atoms with Gasteiger partial charge in [0, 0.05) is 17.5 Å². The van der Waals surface area contributed by atoms with Crippen molar-refractivity contribution in [3.8, 4) is 11.5 Å². The van der Waals surface area contributed by atoms with Gasteiger partial charge in [-0.25, -0.2) is 0 Å². The Morgan fingerprint density at radius 1 is 1.20 bits per heavy atom. The van der Waals surface area contributed by atoms with Crippen LogP contribution in [0.3, 0.4) is 0 Å². The summed E-state index contributed by atoms with van der Waals surface area (Å²) < 4.78 is 11.6. The monoisotopic (exact) mass is 405 g/mol. The fourth-order valence-electron chi connectivity index (χ4n) is 2.53. The van der Waals surface area contributed by atoms with E-state index in [2.05, 4.69) is 47.2 Å². The molecule has 0 spiro atoms. The van der Waals surface area contributed by atoms with Crippen LogP contribution in [0.2, 0.25) is 0 Å². The Hall–Kier alpha value is -2.01. The minimum absolute atomic E-state index is 0.147. The summed E-state index contributed by atoms with van der Waals surface area (Å²) in [6, 6.07) is 13.6. The SMILES string of the molecule is CCOc1c(Br)cc(C(=O)NCC(C)(C)c2ccccc2)cc1OC. The predicted molar refractivity (Wildman–Crippen MR) is 104 cm³/mol. The summed E-state index contributed by atoms with van der Waals surface area (Å²) in [5, 5.41) is 3.01. The first kappa shape index (κ1) is 19.3. The molecular weight excluding hydrogens is 382 g/mol. The highest BCUT2D eigenvalue weighted by atomic mass is 79.9. The van der Waals surface area contributed by atoms with Gasteiger partial charge in [-0.1, -0.05) is 44.2 Å². The van der Waals surface area contributed by atoms with E-state index in [-0.39, 0.29) is 11.3 Å². The maximum Gasteiger partial charge on any atom is 0.251 e. The van der Waals surface area contributed by atoms with Crippen molar-refractivity contribution < 1.29 is 14.3 Å². The smallest absolute Gasteiger partial charge is 0.251 e. The molecule has 0 aliphatic heterocycles. The van der Waals surface area contributed by atoms with Crippen molar-refractivity contribution in [1.29, 1.82) is 0 Å². The molecule has 0 heterocycles. The van der Waals surface area contributed by atoms with Crippen molar-refractivity contribution in [2.24, 2.45) is 0 Å². The van der Waals surface area contributed by atoms with Crippen LogP contribution in [0.15, 0.2) is 46.9 Å². The zero-order valence-electron chi connectivity index (χ0n) is 15.1. The third-order valence-corrected chi connectivity index (χ3v) is 4.62. The van der Waals surface area contributed by atoms with Crippen LogP contribution in [0.25, 0.3) is 0 Å². The van der Waals surface area contributed by atoms with Gasteiger partial charge in [-0.05, 0) is 40.5 Å². The molecule has 0 radical (unpaired) electrons. The largest absolute Gasteiger partial charge is 0.493 e. The highest BCUT2D eigenvalue weighted by Crippen LogP contribution is 2.36. The third kappa shape index (κ3) is 4.75. The predicted octanol–water partition coefficient (Wildman–Crippen LogP) is 4.56. The molecule has 1 N–H and O–H groups in total. The first-order chi connectivity index (χ1) is 11.9. The van der Waals surface area contributed by atoms with Gasteiger partial charge < -0.3 is 14.8 Å². The van der Waals surface area contributed by atoms with E-state index in [0.717, 1.165) is 0 Å². The Labute approximate surface area is 157 Å². The van der Waals surface area contributed by atoms with Crippen LogP contribution in [0, 0.1) is 0 Å². The average Bonchev–Trinajstić information content (AvgIpc) is 2.62. The number of halogens is 1. The first-order valence-electron chi connectivity index (χ1n) is 8.23. The normalized spacial score (nSPS) is 11.1. The molecule has 0 unspecified atom stereocenters. The van der Waals surface area contributed by atoms with E-state index in [1.54, 1.807) is 19.2 Å². The molecule has 0 bridgehead atoms. The van der Waals surface area contributed by atoms with Crippen LogP contribution in [0.4, 0.5) is 0 Å². The molecule has 2 aromatic carbocycles. The number of methoxy groups -OCH3 is 1. The van der Waals surface area contributed by atoms with Gasteiger partial charge in [-0.2, -0.15) is 0 Å². The van der Waals surface area contributed by atoms with Crippen molar-refractivity contribution in [3.05, 3.63) is 58.1 Å². The molecule has 5 heteroatoms. The second-order valence-corrected chi connectivity index (χ2v) is 7.21. The number of hydrogen-bond donors (Lipinski definition) is 1. The third-order valence-electron chi connectivity index (χ3n) is 4.03. The molecule has 0 fully saturated rings. The molecule has 0 atom stereocenters. The first-order valence-corrected chi connectivity index (χ1v) is 9.02. The van der Waals surface area contributed by atoms with Gasteiger partial charge in [0.2, 0.25) is 0 Å². The second-order valence-electron chi connectivity index (χ2n) is 6.36. The standard InChI is InChI=1S/C20H24BrNO3/c1-5-25-18-16(21)11-14(12-17(18)24-4)19(23)22-13-20(2,3)15-9-7-6-8-10-15/h6-12H,5,13H2,1-4H3,(H,22,23). The zero-order valence-corrected chi connectivity index (χ0v) is 16.6. The minimum Gasteiger partial charge on any atom is -0.493 e. The summed E-state index contributed by atoms with van der Waals surface area (Å²) in [5.41, 5.74) is 1.54. The summed E-state index contributed by atoms with van der Waals surface area (Å²) in [5.74, 6) is 0.987. The van der Waals surface area contributed by atoms with Gasteiger partial charge in [-0.3, -0.25) is 4.79 Å². The molecular formula is C20H24BrNO3. The van der Waals surface area contributed by atoms with E-state index in [1.165, 1.54) is 5.56 Å². The fourth-order valence-corrected chi connectivity index (χ4v) is 3.09. The second kappa shape index (κ2) is 8.39. The Kier molecular flexibility index (Phi) is 6.48. The number of rotatable bonds is 7. The topological polar surface area (TPSA) is 47.6 Å². The number of carbonyl (C=O) groups is 1. The number of nitrogens with one attached hydrogen (secondary N) is 1. The number of carbonyl (C=O) groups excluding carboxylic acids is 1. The van der Waals surface area contributed by atoms with Crippen LogP contribution in [0.5, 0.6) is 11.5 Å². The fraction of sp³-hybridized carbons (Fsp3) is 0.350. The van der Waals surface area contributed by atoms with Gasteiger partial charge in [-0.15, -0.1) is 0 Å². The summed E-state index contributed by atoms with van der Waals surface area (Å²) in [6.45, 7) is 7.17. The van der Waals surface area contributed by atoms with Gasteiger partial charge in [0.15, 0.2) is 11.5 Å². The van der Waals surface area contributed by atoms with E-state index in [4.69, 9.17) is 9.47 Å². The summed E-state index contributed by atoms with van der Waals surface area (Å²) in [4.78, 5) is 12.6. The minimum atomic E-state index is -0.163. The zero-order chi connectivity index (χ0) is 18.4. The number of amides is 1. The number of benzene rings is 2. The Bertz CT molecular complexity index is 729. The molecule has 25 heavy (non-hydrogen) atoms. The van der Waals surface area contributed by atoms with Crippen LogP contribution in [-0.2, 0) is 5.41 Å². The Balaban J connectivity index is 2.14. The lowest BCUT2D eigenvalue weighted by atomic mass is 9.84. The van der Waals surface area contributed by atoms with Gasteiger partial charge in [0.1, 0.15) is 0 Å². The molecule has 4 nitrogen and oxygen atoms in total. The quantitative estimate of drug-likeness (QED) is 0.733. The van der Waals surface area contributed by atoms with Crippen LogP contribution < -0.4 is 14.8 Å². The number of hydrogen-bond acceptors (Lipinski definition) is 3. The molecule has 0 saturated carbocycles. The van der Waals surface area contributed by atoms with Crippen molar-refractivity contribution in [2.75, 3.05) is 20.3 Å². The molecule has 1 amide bonds. The molecule has 134 valence electrons. The summed E-state index contributed by atoms with van der Waals surface area (Å²) in [7, 11) is 1.56. The molecule has 0 aromatic heterocycles. The van der Waals surface area contributed by atoms with Gasteiger partial charge >= 0.3 is 0 Å². The average molecular weight is 406 g/mol. The van der Waals surface area contributed by atoms with Crippen molar-refractivity contribution in [2.45, 2.75) is 26.2 Å². The Morgan fingerprint density at radius 3 is 2.48 bits per heavy atom. The van der Waals surface area contributed by atoms with Crippen molar-refractivity contribution in [1.82, 2.24) is 5.32 Å². The highest BCUT2D eigenvalue weighted by Gasteiger charge is 2.22. The van der Waals surface area contributed by atoms with Gasteiger partial charge in [0.05, 0.1) is 18.2 Å². The summed E-state index contributed by atoms with van der Waals surface area (Å²) >= 11 is 3.45. The molecule has 0 aliphatic rings.